The summed E-state index contributed by atoms with van der Waals surface area (Å²) in [6.45, 7) is 2.49. The number of fused-ring (bicyclic) bond motifs is 1. The van der Waals surface area contributed by atoms with Crippen molar-refractivity contribution in [3.05, 3.63) is 47.0 Å². The molecule has 2 aromatic carbocycles. The predicted molar refractivity (Wildman–Crippen MR) is 82.9 cm³/mol. The minimum absolute atomic E-state index is 0.815. The molecule has 0 radical (unpaired) electrons. The average Bonchev–Trinajstić information content (AvgIpc) is 2.42. The zero-order chi connectivity index (χ0) is 13.2. The van der Waals surface area contributed by atoms with Crippen molar-refractivity contribution in [2.45, 2.75) is 19.3 Å². The van der Waals surface area contributed by atoms with Crippen LogP contribution in [0.5, 0.6) is 0 Å². The van der Waals surface area contributed by atoms with E-state index >= 15 is 0 Å². The summed E-state index contributed by atoms with van der Waals surface area (Å²) in [5.74, 6) is 0.848. The van der Waals surface area contributed by atoms with Crippen LogP contribution in [0.3, 0.4) is 0 Å². The van der Waals surface area contributed by atoms with Crippen LogP contribution in [-0.2, 0) is 6.42 Å². The number of hydrogen-bond donors (Lipinski definition) is 0. The summed E-state index contributed by atoms with van der Waals surface area (Å²) in [5, 5.41) is 3.35. The third kappa shape index (κ3) is 3.10. The number of rotatable bonds is 2. The van der Waals surface area contributed by atoms with Gasteiger partial charge in [0.05, 0.1) is 0 Å². The molecular formula is C17H20ClN. The standard InChI is InChI=1S/C17H20ClN/c1-19-8-6-13(7-9-19)10-14-2-3-16-12-17(18)5-4-15(16)11-14/h2-5,11-13H,6-10H2,1H3. The van der Waals surface area contributed by atoms with Crippen LogP contribution in [0.2, 0.25) is 5.02 Å². The molecule has 1 aliphatic heterocycles. The highest BCUT2D eigenvalue weighted by Gasteiger charge is 2.16. The van der Waals surface area contributed by atoms with E-state index in [2.05, 4.69) is 36.2 Å². The van der Waals surface area contributed by atoms with Crippen molar-refractivity contribution in [2.24, 2.45) is 5.92 Å². The molecule has 2 heteroatoms. The van der Waals surface area contributed by atoms with Crippen LogP contribution < -0.4 is 0 Å². The molecule has 0 aromatic heterocycles. The molecular weight excluding hydrogens is 254 g/mol. The van der Waals surface area contributed by atoms with E-state index in [1.807, 2.05) is 12.1 Å². The first kappa shape index (κ1) is 13.0. The molecule has 0 atom stereocenters. The largest absolute Gasteiger partial charge is 0.306 e. The molecule has 1 nitrogen and oxygen atoms in total. The smallest absolute Gasteiger partial charge is 0.0412 e. The molecule has 0 bridgehead atoms. The van der Waals surface area contributed by atoms with Gasteiger partial charge in [-0.05, 0) is 73.8 Å². The zero-order valence-electron chi connectivity index (χ0n) is 11.4. The molecule has 0 amide bonds. The van der Waals surface area contributed by atoms with Gasteiger partial charge in [-0.15, -0.1) is 0 Å². The molecule has 0 N–H and O–H groups in total. The van der Waals surface area contributed by atoms with Gasteiger partial charge in [0.15, 0.2) is 0 Å². The summed E-state index contributed by atoms with van der Waals surface area (Å²) in [6, 6.07) is 12.9. The maximum Gasteiger partial charge on any atom is 0.0412 e. The Hall–Kier alpha value is -1.05. The van der Waals surface area contributed by atoms with E-state index in [9.17, 15) is 0 Å². The highest BCUT2D eigenvalue weighted by atomic mass is 35.5. The Kier molecular flexibility index (Phi) is 3.76. The maximum absolute atomic E-state index is 6.02. The van der Waals surface area contributed by atoms with E-state index < -0.39 is 0 Å². The summed E-state index contributed by atoms with van der Waals surface area (Å²) >= 11 is 6.02. The van der Waals surface area contributed by atoms with Gasteiger partial charge in [-0.25, -0.2) is 0 Å². The minimum Gasteiger partial charge on any atom is -0.306 e. The third-order valence-corrected chi connectivity index (χ3v) is 4.46. The Balaban J connectivity index is 1.76. The van der Waals surface area contributed by atoms with Crippen LogP contribution in [0.4, 0.5) is 0 Å². The summed E-state index contributed by atoms with van der Waals surface area (Å²) in [7, 11) is 2.22. The number of piperidine rings is 1. The van der Waals surface area contributed by atoms with Crippen molar-refractivity contribution in [2.75, 3.05) is 20.1 Å². The SMILES string of the molecule is CN1CCC(Cc2ccc3cc(Cl)ccc3c2)CC1. The molecule has 2 aromatic rings. The van der Waals surface area contributed by atoms with Gasteiger partial charge in [-0.1, -0.05) is 35.9 Å². The van der Waals surface area contributed by atoms with E-state index in [-0.39, 0.29) is 0 Å². The van der Waals surface area contributed by atoms with Crippen molar-refractivity contribution in [1.29, 1.82) is 0 Å². The van der Waals surface area contributed by atoms with Gasteiger partial charge in [-0.2, -0.15) is 0 Å². The van der Waals surface area contributed by atoms with Crippen molar-refractivity contribution >= 4 is 22.4 Å². The first-order valence-electron chi connectivity index (χ1n) is 7.07. The van der Waals surface area contributed by atoms with Crippen LogP contribution >= 0.6 is 11.6 Å². The van der Waals surface area contributed by atoms with Crippen LogP contribution in [0, 0.1) is 5.92 Å². The molecule has 0 spiro atoms. The number of likely N-dealkylation sites (tertiary alicyclic amines) is 1. The molecule has 19 heavy (non-hydrogen) atoms. The van der Waals surface area contributed by atoms with Crippen LogP contribution in [0.25, 0.3) is 10.8 Å². The highest BCUT2D eigenvalue weighted by Crippen LogP contribution is 2.25. The topological polar surface area (TPSA) is 3.24 Å². The highest BCUT2D eigenvalue weighted by molar-refractivity contribution is 6.31. The first-order valence-corrected chi connectivity index (χ1v) is 7.45. The summed E-state index contributed by atoms with van der Waals surface area (Å²) < 4.78 is 0. The average molecular weight is 274 g/mol. The second kappa shape index (κ2) is 5.52. The molecule has 1 aliphatic rings. The van der Waals surface area contributed by atoms with Crippen molar-refractivity contribution in [3.63, 3.8) is 0 Å². The zero-order valence-corrected chi connectivity index (χ0v) is 12.2. The van der Waals surface area contributed by atoms with Gasteiger partial charge in [-0.3, -0.25) is 0 Å². The van der Waals surface area contributed by atoms with E-state index in [1.165, 1.54) is 48.7 Å². The molecule has 1 saturated heterocycles. The van der Waals surface area contributed by atoms with Gasteiger partial charge >= 0.3 is 0 Å². The monoisotopic (exact) mass is 273 g/mol. The molecule has 100 valence electrons. The second-order valence-corrected chi connectivity index (χ2v) is 6.21. The van der Waals surface area contributed by atoms with E-state index in [0.717, 1.165) is 10.9 Å². The summed E-state index contributed by atoms with van der Waals surface area (Å²) in [5.41, 5.74) is 1.46. The van der Waals surface area contributed by atoms with Gasteiger partial charge in [0.1, 0.15) is 0 Å². The molecule has 0 unspecified atom stereocenters. The fourth-order valence-electron chi connectivity index (χ4n) is 2.99. The van der Waals surface area contributed by atoms with Crippen molar-refractivity contribution in [3.8, 4) is 0 Å². The number of nitrogens with zero attached hydrogens (tertiary/aromatic N) is 1. The lowest BCUT2D eigenvalue weighted by Crippen LogP contribution is -2.30. The molecule has 3 rings (SSSR count). The minimum atomic E-state index is 0.815. The Bertz CT molecular complexity index is 570. The normalized spacial score (nSPS) is 18.0. The Morgan fingerprint density at radius 2 is 1.74 bits per heavy atom. The molecule has 1 fully saturated rings. The first-order chi connectivity index (χ1) is 9.20. The van der Waals surface area contributed by atoms with Gasteiger partial charge in [0.2, 0.25) is 0 Å². The summed E-state index contributed by atoms with van der Waals surface area (Å²) in [6.07, 6.45) is 3.87. The fourth-order valence-corrected chi connectivity index (χ4v) is 3.17. The van der Waals surface area contributed by atoms with Gasteiger partial charge < -0.3 is 4.90 Å². The Labute approximate surface area is 120 Å². The van der Waals surface area contributed by atoms with Crippen LogP contribution in [0.15, 0.2) is 36.4 Å². The number of benzene rings is 2. The lowest BCUT2D eigenvalue weighted by atomic mass is 9.90. The van der Waals surface area contributed by atoms with Crippen LogP contribution in [-0.4, -0.2) is 25.0 Å². The van der Waals surface area contributed by atoms with E-state index in [4.69, 9.17) is 11.6 Å². The van der Waals surface area contributed by atoms with Gasteiger partial charge in [0.25, 0.3) is 0 Å². The van der Waals surface area contributed by atoms with Crippen LogP contribution in [0.1, 0.15) is 18.4 Å². The lowest BCUT2D eigenvalue weighted by Gasteiger charge is -2.29. The molecule has 1 heterocycles. The summed E-state index contributed by atoms with van der Waals surface area (Å²) in [4.78, 5) is 2.43. The maximum atomic E-state index is 6.02. The van der Waals surface area contributed by atoms with Crippen molar-refractivity contribution in [1.82, 2.24) is 4.90 Å². The molecule has 0 saturated carbocycles. The fraction of sp³-hybridized carbons (Fsp3) is 0.412. The quantitative estimate of drug-likeness (QED) is 0.785. The second-order valence-electron chi connectivity index (χ2n) is 5.78. The van der Waals surface area contributed by atoms with Crippen molar-refractivity contribution < 1.29 is 0 Å². The third-order valence-electron chi connectivity index (χ3n) is 4.23. The predicted octanol–water partition coefficient (Wildman–Crippen LogP) is 4.38. The lowest BCUT2D eigenvalue weighted by molar-refractivity contribution is 0.219. The van der Waals surface area contributed by atoms with E-state index in [0.29, 0.717) is 0 Å². The Morgan fingerprint density at radius 1 is 1.05 bits per heavy atom. The number of halogens is 1. The van der Waals surface area contributed by atoms with E-state index in [1.54, 1.807) is 0 Å². The number of hydrogen-bond acceptors (Lipinski definition) is 1. The van der Waals surface area contributed by atoms with Gasteiger partial charge in [0, 0.05) is 5.02 Å². The molecule has 0 aliphatic carbocycles. The Morgan fingerprint density at radius 3 is 2.53 bits per heavy atom.